The molecule has 0 saturated carbocycles. The quantitative estimate of drug-likeness (QED) is 0.614. The molecule has 0 aromatic carbocycles. The first kappa shape index (κ1) is 2.38. The Morgan fingerprint density at radius 2 is 2.75 bits per heavy atom. The van der Waals surface area contributed by atoms with E-state index in [1.165, 1.54) is 0 Å². The van der Waals surface area contributed by atoms with Crippen LogP contribution in [0.2, 0.25) is 0 Å². The van der Waals surface area contributed by atoms with Crippen LogP contribution >= 0.6 is 0 Å². The number of hydrogen-bond acceptors (Lipinski definition) is 1. The molecule has 0 rings (SSSR count). The molecule has 0 heterocycles. The van der Waals surface area contributed by atoms with Gasteiger partial charge < -0.3 is 5.11 Å². The van der Waals surface area contributed by atoms with Crippen LogP contribution in [0.25, 0.3) is 0 Å². The highest BCUT2D eigenvalue weighted by molar-refractivity contribution is 5.66. The third kappa shape index (κ3) is 5.47. The first-order valence-electron chi connectivity index (χ1n) is 4.95. The molecule has 2 atom stereocenters. The van der Waals surface area contributed by atoms with Crippen LogP contribution in [-0.2, 0) is 4.79 Å². The van der Waals surface area contributed by atoms with Crippen LogP contribution in [0.5, 0.6) is 0 Å². The third-order valence-electron chi connectivity index (χ3n) is 0.603. The molecule has 0 radical (unpaired) electrons. The molecule has 0 unspecified atom stereocenters. The van der Waals surface area contributed by atoms with Crippen molar-refractivity contribution in [2.45, 2.75) is 32.5 Å². The second kappa shape index (κ2) is 4.62. The maximum absolute atomic E-state index is 10.2. The molecule has 0 aliphatic heterocycles. The van der Waals surface area contributed by atoms with Gasteiger partial charge in [0.05, 0.1) is 0 Å². The van der Waals surface area contributed by atoms with Gasteiger partial charge in [-0.3, -0.25) is 4.79 Å². The molecule has 2 heteroatoms. The molecule has 0 aliphatic carbocycles. The van der Waals surface area contributed by atoms with Gasteiger partial charge in [0.2, 0.25) is 0 Å². The Hall–Kier alpha value is -0.530. The highest BCUT2D eigenvalue weighted by Crippen LogP contribution is 1.97. The van der Waals surface area contributed by atoms with Gasteiger partial charge in [-0.05, 0) is 6.42 Å². The second-order valence-electron chi connectivity index (χ2n) is 1.27. The fourth-order valence-electron chi connectivity index (χ4n) is 0.267. The Balaban J connectivity index is 3.88. The van der Waals surface area contributed by atoms with E-state index in [1.807, 2.05) is 0 Å². The zero-order chi connectivity index (χ0) is 10.6. The molecule has 0 aromatic rings. The highest BCUT2D eigenvalue weighted by Gasteiger charge is 1.92. The zero-order valence-corrected chi connectivity index (χ0v) is 4.42. The molecule has 8 heavy (non-hydrogen) atoms. The fraction of sp³-hybridized carbons (Fsp3) is 0.833. The largest absolute Gasteiger partial charge is 0.481 e. The molecular formula is C6H12O2. The van der Waals surface area contributed by atoms with Crippen molar-refractivity contribution < 1.29 is 16.8 Å². The van der Waals surface area contributed by atoms with Crippen molar-refractivity contribution in [3.05, 3.63) is 0 Å². The molecule has 0 aliphatic rings. The Labute approximate surface area is 56.5 Å². The molecular weight excluding hydrogens is 104 g/mol. The van der Waals surface area contributed by atoms with Gasteiger partial charge in [0.15, 0.2) is 0 Å². The van der Waals surface area contributed by atoms with Crippen molar-refractivity contribution in [1.29, 1.82) is 0 Å². The lowest BCUT2D eigenvalue weighted by Crippen LogP contribution is -1.92. The van der Waals surface area contributed by atoms with E-state index in [1.54, 1.807) is 0 Å². The van der Waals surface area contributed by atoms with Gasteiger partial charge in [0.1, 0.15) is 0 Å². The molecule has 1 N–H and O–H groups in total. The summed E-state index contributed by atoms with van der Waals surface area (Å²) in [6.45, 7) is -2.22. The van der Waals surface area contributed by atoms with E-state index in [4.69, 9.17) is 12.0 Å². The van der Waals surface area contributed by atoms with E-state index < -0.39 is 25.6 Å². The maximum atomic E-state index is 10.2. The first-order valence-corrected chi connectivity index (χ1v) is 2.29. The standard InChI is InChI=1S/C6H12O2/c1-2-3-4-5-6(7)8/h2-5H2,1H3,(H,7,8)/i1D3,3D,5D/t3-,5+/m1/s1. The normalized spacial score (nSPS) is 27.8. The molecule has 0 bridgehead atoms. The summed E-state index contributed by atoms with van der Waals surface area (Å²) in [4.78, 5) is 10.2. The smallest absolute Gasteiger partial charge is 0.303 e. The van der Waals surface area contributed by atoms with Gasteiger partial charge in [-0.2, -0.15) is 0 Å². The van der Waals surface area contributed by atoms with Gasteiger partial charge in [-0.25, -0.2) is 0 Å². The highest BCUT2D eigenvalue weighted by atomic mass is 16.4. The minimum Gasteiger partial charge on any atom is -0.481 e. The van der Waals surface area contributed by atoms with E-state index in [0.717, 1.165) is 0 Å². The molecule has 2 nitrogen and oxygen atoms in total. The topological polar surface area (TPSA) is 37.3 Å². The van der Waals surface area contributed by atoms with Gasteiger partial charge in [0.25, 0.3) is 0 Å². The van der Waals surface area contributed by atoms with E-state index in [9.17, 15) is 4.79 Å². The van der Waals surface area contributed by atoms with Crippen LogP contribution in [-0.4, -0.2) is 11.1 Å². The predicted octanol–water partition coefficient (Wildman–Crippen LogP) is 1.65. The van der Waals surface area contributed by atoms with Crippen molar-refractivity contribution in [2.75, 3.05) is 0 Å². The van der Waals surface area contributed by atoms with Gasteiger partial charge >= 0.3 is 5.97 Å². The first-order chi connectivity index (χ1) is 5.72. The number of carbonyl (C=O) groups is 1. The summed E-state index contributed by atoms with van der Waals surface area (Å²) in [7, 11) is 0. The SMILES string of the molecule is [2H][C@@H](C[C@H]([2H])C(=O)O)CC([2H])([2H])[2H]. The molecule has 48 valence electrons. The molecule has 0 amide bonds. The minimum absolute atomic E-state index is 0.242. The van der Waals surface area contributed by atoms with Crippen molar-refractivity contribution in [3.8, 4) is 0 Å². The van der Waals surface area contributed by atoms with Crippen LogP contribution in [0, 0.1) is 0 Å². The number of carboxylic acids is 1. The van der Waals surface area contributed by atoms with Crippen LogP contribution in [0.1, 0.15) is 39.3 Å². The summed E-state index contributed by atoms with van der Waals surface area (Å²) in [6, 6.07) is 0. The Morgan fingerprint density at radius 1 is 2.00 bits per heavy atom. The van der Waals surface area contributed by atoms with Crippen LogP contribution in [0.4, 0.5) is 0 Å². The van der Waals surface area contributed by atoms with Crippen molar-refractivity contribution in [1.82, 2.24) is 0 Å². The number of rotatable bonds is 4. The Morgan fingerprint density at radius 3 is 3.25 bits per heavy atom. The zero-order valence-electron chi connectivity index (χ0n) is 9.42. The Kier molecular flexibility index (Phi) is 1.37. The summed E-state index contributed by atoms with van der Waals surface area (Å²) in [5.41, 5.74) is 0. The predicted molar refractivity (Wildman–Crippen MR) is 31.8 cm³/mol. The van der Waals surface area contributed by atoms with E-state index in [2.05, 4.69) is 0 Å². The van der Waals surface area contributed by atoms with Crippen molar-refractivity contribution in [2.24, 2.45) is 0 Å². The summed E-state index contributed by atoms with van der Waals surface area (Å²) in [5, 5.41) is 8.32. The molecule has 0 aromatic heterocycles. The van der Waals surface area contributed by atoms with E-state index in [-0.39, 0.29) is 12.8 Å². The molecule has 0 fully saturated rings. The number of carboxylic acid groups (broad SMARTS) is 1. The third-order valence-corrected chi connectivity index (χ3v) is 0.603. The fourth-order valence-corrected chi connectivity index (χ4v) is 0.267. The van der Waals surface area contributed by atoms with Crippen molar-refractivity contribution in [3.63, 3.8) is 0 Å². The second-order valence-corrected chi connectivity index (χ2v) is 1.27. The van der Waals surface area contributed by atoms with Gasteiger partial charge in [0, 0.05) is 13.3 Å². The summed E-state index contributed by atoms with van der Waals surface area (Å²) < 4.78 is 34.6. The van der Waals surface area contributed by atoms with Crippen LogP contribution in [0.15, 0.2) is 0 Å². The molecule has 0 spiro atoms. The molecule has 0 saturated heterocycles. The van der Waals surface area contributed by atoms with E-state index >= 15 is 0 Å². The van der Waals surface area contributed by atoms with Crippen molar-refractivity contribution >= 4 is 5.97 Å². The monoisotopic (exact) mass is 121 g/mol. The average Bonchev–Trinajstić information content (AvgIpc) is 1.81. The van der Waals surface area contributed by atoms with E-state index in [0.29, 0.717) is 0 Å². The lowest BCUT2D eigenvalue weighted by Gasteiger charge is -1.89. The van der Waals surface area contributed by atoms with Crippen LogP contribution in [0.3, 0.4) is 0 Å². The van der Waals surface area contributed by atoms with Gasteiger partial charge in [-0.15, -0.1) is 0 Å². The lowest BCUT2D eigenvalue weighted by molar-refractivity contribution is -0.137. The average molecular weight is 121 g/mol. The van der Waals surface area contributed by atoms with Gasteiger partial charge in [-0.1, -0.05) is 19.7 Å². The summed E-state index contributed by atoms with van der Waals surface area (Å²) >= 11 is 0. The number of hydrogen-bond donors (Lipinski definition) is 1. The number of aliphatic carboxylic acids is 1. The summed E-state index contributed by atoms with van der Waals surface area (Å²) in [6.07, 6.45) is -3.01. The minimum atomic E-state index is -2.22. The van der Waals surface area contributed by atoms with Crippen LogP contribution < -0.4 is 0 Å². The maximum Gasteiger partial charge on any atom is 0.303 e. The lowest BCUT2D eigenvalue weighted by atomic mass is 10.2. The Bertz CT molecular complexity index is 178. The summed E-state index contributed by atoms with van der Waals surface area (Å²) in [5.74, 6) is -1.32.